The lowest BCUT2D eigenvalue weighted by Crippen LogP contribution is -2.49. The number of benzodiazepines with no additional fused rings is 1. The molecule has 37 heavy (non-hydrogen) atoms. The Morgan fingerprint density at radius 1 is 1.05 bits per heavy atom. The van der Waals surface area contributed by atoms with E-state index < -0.39 is 30.5 Å². The molecular weight excluding hydrogens is 472 g/mol. The van der Waals surface area contributed by atoms with Crippen molar-refractivity contribution in [3.63, 3.8) is 0 Å². The molecule has 0 spiro atoms. The van der Waals surface area contributed by atoms with E-state index in [1.807, 2.05) is 48.5 Å². The number of methoxy groups -OCH3 is 1. The lowest BCUT2D eigenvalue weighted by atomic mass is 9.98. The highest BCUT2D eigenvalue weighted by atomic mass is 16.5. The fourth-order valence-corrected chi connectivity index (χ4v) is 4.54. The third-order valence-electron chi connectivity index (χ3n) is 6.35. The van der Waals surface area contributed by atoms with Gasteiger partial charge in [0.15, 0.2) is 0 Å². The van der Waals surface area contributed by atoms with Crippen LogP contribution in [0, 0.1) is 0 Å². The number of hydrogen-bond acceptors (Lipinski definition) is 5. The van der Waals surface area contributed by atoms with E-state index in [1.54, 1.807) is 43.0 Å². The SMILES string of the molecule is COc1ccc2c(c1)cc(C(=O)NC1N=Cc3c(-c4ccccc4)cccc3N(CC(=O)O)C1=O)n2C. The molecule has 1 atom stereocenters. The van der Waals surface area contributed by atoms with Crippen molar-refractivity contribution >= 4 is 40.6 Å². The minimum Gasteiger partial charge on any atom is -0.497 e. The summed E-state index contributed by atoms with van der Waals surface area (Å²) in [6, 6.07) is 22.0. The Labute approximate surface area is 212 Å². The van der Waals surface area contributed by atoms with E-state index in [1.165, 1.54) is 6.21 Å². The molecular formula is C28H24N4O5. The van der Waals surface area contributed by atoms with Crippen molar-refractivity contribution in [3.8, 4) is 16.9 Å². The Morgan fingerprint density at radius 3 is 2.57 bits per heavy atom. The number of carbonyl (C=O) groups is 3. The molecule has 0 aliphatic carbocycles. The number of aryl methyl sites for hydroxylation is 1. The van der Waals surface area contributed by atoms with Gasteiger partial charge in [-0.3, -0.25) is 24.3 Å². The summed E-state index contributed by atoms with van der Waals surface area (Å²) in [5.74, 6) is -1.68. The topological polar surface area (TPSA) is 113 Å². The number of carbonyl (C=O) groups excluding carboxylic acids is 2. The second kappa shape index (κ2) is 9.62. The van der Waals surface area contributed by atoms with Crippen molar-refractivity contribution in [1.82, 2.24) is 9.88 Å². The van der Waals surface area contributed by atoms with Crippen LogP contribution in [0.25, 0.3) is 22.0 Å². The molecule has 1 unspecified atom stereocenters. The molecule has 1 aliphatic heterocycles. The molecule has 0 fully saturated rings. The normalized spacial score (nSPS) is 14.8. The van der Waals surface area contributed by atoms with Gasteiger partial charge in [0.2, 0.25) is 6.17 Å². The van der Waals surface area contributed by atoms with Gasteiger partial charge in [0, 0.05) is 29.7 Å². The van der Waals surface area contributed by atoms with Gasteiger partial charge in [-0.05, 0) is 41.5 Å². The summed E-state index contributed by atoms with van der Waals surface area (Å²) in [4.78, 5) is 44.0. The number of aliphatic carboxylic acids is 1. The van der Waals surface area contributed by atoms with Crippen LogP contribution < -0.4 is 15.0 Å². The Kier molecular flexibility index (Phi) is 6.19. The largest absolute Gasteiger partial charge is 0.497 e. The molecule has 2 amide bonds. The van der Waals surface area contributed by atoms with Gasteiger partial charge in [0.1, 0.15) is 18.0 Å². The van der Waals surface area contributed by atoms with Crippen LogP contribution in [0.2, 0.25) is 0 Å². The lowest BCUT2D eigenvalue weighted by Gasteiger charge is -2.24. The summed E-state index contributed by atoms with van der Waals surface area (Å²) in [6.45, 7) is -0.576. The molecule has 9 nitrogen and oxygen atoms in total. The first-order valence-electron chi connectivity index (χ1n) is 11.6. The molecule has 2 N–H and O–H groups in total. The van der Waals surface area contributed by atoms with Crippen molar-refractivity contribution in [3.05, 3.63) is 84.1 Å². The number of nitrogens with one attached hydrogen (secondary N) is 1. The van der Waals surface area contributed by atoms with Crippen molar-refractivity contribution < 1.29 is 24.2 Å². The quantitative estimate of drug-likeness (QED) is 0.425. The summed E-state index contributed by atoms with van der Waals surface area (Å²) in [5.41, 5.74) is 3.82. The number of aromatic nitrogens is 1. The van der Waals surface area contributed by atoms with Crippen LogP contribution in [0.4, 0.5) is 5.69 Å². The monoisotopic (exact) mass is 496 g/mol. The number of ether oxygens (including phenoxy) is 1. The molecule has 2 heterocycles. The summed E-state index contributed by atoms with van der Waals surface area (Å²) in [5, 5.41) is 13.0. The highest BCUT2D eigenvalue weighted by Gasteiger charge is 2.32. The van der Waals surface area contributed by atoms with Crippen LogP contribution >= 0.6 is 0 Å². The molecule has 186 valence electrons. The van der Waals surface area contributed by atoms with E-state index >= 15 is 0 Å². The fraction of sp³-hybridized carbons (Fsp3) is 0.143. The zero-order valence-corrected chi connectivity index (χ0v) is 20.2. The van der Waals surface area contributed by atoms with Gasteiger partial charge in [-0.2, -0.15) is 0 Å². The Balaban J connectivity index is 1.52. The average Bonchev–Trinajstić information content (AvgIpc) is 3.18. The first-order chi connectivity index (χ1) is 17.9. The number of benzene rings is 3. The van der Waals surface area contributed by atoms with Crippen molar-refractivity contribution in [2.24, 2.45) is 12.0 Å². The van der Waals surface area contributed by atoms with E-state index in [-0.39, 0.29) is 0 Å². The minimum absolute atomic E-state index is 0.322. The van der Waals surface area contributed by atoms with Crippen LogP contribution in [0.1, 0.15) is 16.1 Å². The summed E-state index contributed by atoms with van der Waals surface area (Å²) >= 11 is 0. The number of nitrogens with zero attached hydrogens (tertiary/aromatic N) is 3. The van der Waals surface area contributed by atoms with Crippen molar-refractivity contribution in [1.29, 1.82) is 0 Å². The highest BCUT2D eigenvalue weighted by molar-refractivity contribution is 6.11. The fourth-order valence-electron chi connectivity index (χ4n) is 4.54. The van der Waals surface area contributed by atoms with Crippen LogP contribution in [-0.4, -0.2) is 53.5 Å². The van der Waals surface area contributed by atoms with Gasteiger partial charge in [-0.1, -0.05) is 42.5 Å². The predicted molar refractivity (Wildman–Crippen MR) is 140 cm³/mol. The molecule has 1 aliphatic rings. The van der Waals surface area contributed by atoms with E-state index in [0.717, 1.165) is 26.9 Å². The molecule has 0 saturated carbocycles. The second-order valence-corrected chi connectivity index (χ2v) is 8.59. The van der Waals surface area contributed by atoms with Crippen LogP contribution in [0.15, 0.2) is 77.8 Å². The van der Waals surface area contributed by atoms with Gasteiger partial charge in [0.05, 0.1) is 12.8 Å². The lowest BCUT2D eigenvalue weighted by molar-refractivity contribution is -0.136. The molecule has 0 saturated heterocycles. The van der Waals surface area contributed by atoms with Crippen molar-refractivity contribution in [2.45, 2.75) is 6.17 Å². The predicted octanol–water partition coefficient (Wildman–Crippen LogP) is 3.46. The zero-order valence-electron chi connectivity index (χ0n) is 20.2. The summed E-state index contributed by atoms with van der Waals surface area (Å²) in [7, 11) is 3.32. The molecule has 0 radical (unpaired) electrons. The van der Waals surface area contributed by atoms with Crippen LogP contribution in [-0.2, 0) is 16.6 Å². The second-order valence-electron chi connectivity index (χ2n) is 8.59. The number of fused-ring (bicyclic) bond motifs is 2. The molecule has 4 aromatic rings. The average molecular weight is 497 g/mol. The summed E-state index contributed by atoms with van der Waals surface area (Å²) in [6.07, 6.45) is 0.213. The summed E-state index contributed by atoms with van der Waals surface area (Å²) < 4.78 is 6.98. The van der Waals surface area contributed by atoms with Gasteiger partial charge >= 0.3 is 5.97 Å². The van der Waals surface area contributed by atoms with E-state index in [2.05, 4.69) is 10.3 Å². The first kappa shape index (κ1) is 23.8. The Hall–Kier alpha value is -4.92. The van der Waals surface area contributed by atoms with E-state index in [4.69, 9.17) is 4.74 Å². The standard InChI is InChI=1S/C28H24N4O5/c1-31-22-12-11-19(37-2)13-18(22)14-24(31)27(35)30-26-28(36)32(16-25(33)34)23-10-6-9-20(21(23)15-29-26)17-7-4-3-5-8-17/h3-15,26H,16H2,1-2H3,(H,30,35)(H,33,34). The number of hydrogen-bond donors (Lipinski definition) is 2. The van der Waals surface area contributed by atoms with Gasteiger partial charge in [0.25, 0.3) is 11.8 Å². The maximum atomic E-state index is 13.5. The maximum Gasteiger partial charge on any atom is 0.323 e. The van der Waals surface area contributed by atoms with Gasteiger partial charge < -0.3 is 19.7 Å². The number of carboxylic acids is 1. The smallest absolute Gasteiger partial charge is 0.323 e. The number of rotatable bonds is 6. The highest BCUT2D eigenvalue weighted by Crippen LogP contribution is 2.32. The molecule has 3 aromatic carbocycles. The third-order valence-corrected chi connectivity index (χ3v) is 6.35. The van der Waals surface area contributed by atoms with Crippen molar-refractivity contribution in [2.75, 3.05) is 18.6 Å². The maximum absolute atomic E-state index is 13.5. The Morgan fingerprint density at radius 2 is 1.84 bits per heavy atom. The number of carboxylic acid groups (broad SMARTS) is 1. The number of aliphatic imine (C=N–C) groups is 1. The molecule has 5 rings (SSSR count). The molecule has 1 aromatic heterocycles. The Bertz CT molecular complexity index is 1560. The van der Waals surface area contributed by atoms with Crippen LogP contribution in [0.5, 0.6) is 5.75 Å². The van der Waals surface area contributed by atoms with E-state index in [9.17, 15) is 19.5 Å². The zero-order chi connectivity index (χ0) is 26.1. The molecule has 0 bridgehead atoms. The van der Waals surface area contributed by atoms with Crippen LogP contribution in [0.3, 0.4) is 0 Å². The minimum atomic E-state index is -1.31. The van der Waals surface area contributed by atoms with Gasteiger partial charge in [-0.15, -0.1) is 0 Å². The number of anilines is 1. The first-order valence-corrected chi connectivity index (χ1v) is 11.6. The van der Waals surface area contributed by atoms with E-state index in [0.29, 0.717) is 22.7 Å². The number of amides is 2. The van der Waals surface area contributed by atoms with Gasteiger partial charge in [-0.25, -0.2) is 0 Å². The third kappa shape index (κ3) is 4.42. The molecule has 9 heteroatoms.